The number of nitrogen functional groups attached to an aromatic ring is 2. The van der Waals surface area contributed by atoms with Gasteiger partial charge in [0.05, 0.1) is 108 Å². The second kappa shape index (κ2) is 43.4. The smallest absolute Gasteiger partial charge is 0.425 e. The standard InChI is InChI=1S/C45H32N10O7S2.C41H35N19O9.2O3S/c56-45(46-29-10-14-32(15-11-29)49-53-42-25-24-41(37-8-4-5-9-38(37)42)52-48-31-6-2-1-3-7-31)47-30-12-16-33(17-13-30)50-54-43-26-27-44(40-28-36(64(60,61)62)22-23-39(40)43)55-51-34-18-20-35(21-19-34)63(57,58)59;1-40(2,3)29-27(51-53-33-21(14-42)15-46-57(33)22-8-19(35(63)64)10-24(12-22)68-17-61)31(43)59(55-29)37-48-38(50-39(67)49-37)60-32(44)28(30(56-60)41(4,5)6)52-54-34-26(45-7)16-47-58(34)23-9-20(36(65)66)11-25(13-23)69-18-62;2*1-4(2)3/h1-28H,(H2,46,47,56)(H,57,58,59)(H,60,61,62);8-13,15-18H,43-44H2,1-6H3,(H,63,64)(H,65,66)(H,48,49,50,67);;. The number of urea groups is 1. The lowest BCUT2D eigenvalue weighted by atomic mass is 9.91. The van der Waals surface area contributed by atoms with Gasteiger partial charge in [-0.25, -0.2) is 28.6 Å². The zero-order chi connectivity index (χ0) is 102. The fourth-order valence-electron chi connectivity index (χ4n) is 12.6. The SMILES string of the molecule is O=C(Nc1ccc(N=Nc2ccc(N=Nc3ccccc3)c3ccccc23)cc1)Nc1ccc(N=Nc2ccc(N=Nc3ccc(S(=O)(=O)O)cc3)c3cc(S(=O)(=O)O)ccc23)cc1.O=S(=O)=O.O=S(=O)=O.[C-]#[N+]c1cnn(-c2cc(OC=O)cc(C(=O)O)c2)c1N=Nc1c(C(C)(C)C)nn(-c2nc(O)nc(-n3nc(C(C)(C)C)c(N=Nc4c(C#N)cnn4-c4cc(OC=O)cc(C(=O)O)c4)c3N)n2)c1N. The first-order valence-corrected chi connectivity index (χ1v) is 44.5. The van der Waals surface area contributed by atoms with Crippen molar-refractivity contribution >= 4 is 191 Å². The van der Waals surface area contributed by atoms with Gasteiger partial charge in [0, 0.05) is 55.9 Å². The molecule has 712 valence electrons. The molecule has 0 radical (unpaired) electrons. The lowest BCUT2D eigenvalue weighted by Gasteiger charge is -2.15. The molecule has 5 heterocycles. The summed E-state index contributed by atoms with van der Waals surface area (Å²) in [4.78, 5) is 74.2. The molecule has 0 saturated carbocycles. The average molecular weight is 1990 g/mol. The molecule has 5 aromatic heterocycles. The summed E-state index contributed by atoms with van der Waals surface area (Å²) in [6.45, 7) is 18.7. The highest BCUT2D eigenvalue weighted by Gasteiger charge is 2.32. The number of carbonyl (C=O) groups excluding carboxylic acids is 3. The van der Waals surface area contributed by atoms with E-state index in [4.69, 9.17) is 52.8 Å². The number of carboxylic acid groups (broad SMARTS) is 2. The van der Waals surface area contributed by atoms with E-state index in [1.54, 1.807) is 96.1 Å². The second-order valence-corrected chi connectivity index (χ2v) is 34.2. The molecule has 0 aliphatic rings. The quantitative estimate of drug-likeness (QED) is 0.0105. The third kappa shape index (κ3) is 25.4. The fourth-order valence-corrected chi connectivity index (χ4v) is 13.6. The van der Waals surface area contributed by atoms with Crippen molar-refractivity contribution in [1.82, 2.24) is 54.1 Å². The predicted molar refractivity (Wildman–Crippen MR) is 498 cm³/mol. The maximum atomic E-state index is 12.8. The lowest BCUT2D eigenvalue weighted by molar-refractivity contribution is -0.121. The summed E-state index contributed by atoms with van der Waals surface area (Å²) in [5.74, 6) is -4.36. The van der Waals surface area contributed by atoms with Gasteiger partial charge in [-0.3, -0.25) is 18.7 Å². The Kier molecular flexibility index (Phi) is 31.0. The fraction of sp³-hybridized carbons (Fsp3) is 0.0930. The maximum absolute atomic E-state index is 12.8. The van der Waals surface area contributed by atoms with Gasteiger partial charge < -0.3 is 46.9 Å². The van der Waals surface area contributed by atoms with Crippen LogP contribution in [0.2, 0.25) is 0 Å². The number of aromatic nitrogens is 11. The number of hydrogen-bond donors (Lipinski definition) is 9. The highest BCUT2D eigenvalue weighted by molar-refractivity contribution is 7.86. The first-order valence-electron chi connectivity index (χ1n) is 39.7. The lowest BCUT2D eigenvalue weighted by Crippen LogP contribution is -2.19. The third-order valence-corrected chi connectivity index (χ3v) is 20.6. The highest BCUT2D eigenvalue weighted by atomic mass is 32.2. The van der Waals surface area contributed by atoms with Gasteiger partial charge in [0.2, 0.25) is 0 Å². The third-order valence-electron chi connectivity index (χ3n) is 18.9. The van der Waals surface area contributed by atoms with Gasteiger partial charge in [-0.15, -0.1) is 66.2 Å². The van der Waals surface area contributed by atoms with E-state index >= 15 is 0 Å². The number of benzene rings is 10. The molecule has 0 unspecified atom stereocenters. The van der Waals surface area contributed by atoms with E-state index in [1.807, 2.05) is 72.8 Å². The van der Waals surface area contributed by atoms with Crippen molar-refractivity contribution in [2.24, 2.45) is 61.4 Å². The minimum Gasteiger partial charge on any atom is -0.479 e. The van der Waals surface area contributed by atoms with Crippen LogP contribution in [0, 0.1) is 17.9 Å². The molecule has 10 aromatic carbocycles. The van der Waals surface area contributed by atoms with Gasteiger partial charge in [0.25, 0.3) is 50.8 Å². The number of nitrogens with two attached hydrogens (primary N) is 2. The number of aromatic carboxylic acids is 2. The van der Waals surface area contributed by atoms with Crippen molar-refractivity contribution in [3.05, 3.63) is 258 Å². The monoisotopic (exact) mass is 1990 g/mol. The van der Waals surface area contributed by atoms with E-state index in [0.717, 1.165) is 59.5 Å². The summed E-state index contributed by atoms with van der Waals surface area (Å²) in [7, 11) is -15.2. The van der Waals surface area contributed by atoms with E-state index in [1.165, 1.54) is 73.1 Å². The number of aromatic hydroxyl groups is 1. The Morgan fingerprint density at radius 1 is 0.468 bits per heavy atom. The number of carboxylic acids is 2. The number of nitrogens with one attached hydrogen (secondary N) is 2. The number of fused-ring (bicyclic) bond motifs is 2. The van der Waals surface area contributed by atoms with Crippen molar-refractivity contribution in [1.29, 1.82) is 5.26 Å². The Bertz CT molecular complexity index is 7980. The summed E-state index contributed by atoms with van der Waals surface area (Å²) in [5, 5.41) is 118. The Hall–Kier alpha value is -19.2. The van der Waals surface area contributed by atoms with Crippen molar-refractivity contribution in [3.63, 3.8) is 0 Å². The van der Waals surface area contributed by atoms with Crippen molar-refractivity contribution in [2.75, 3.05) is 22.1 Å². The van der Waals surface area contributed by atoms with Gasteiger partial charge in [-0.2, -0.15) is 87.3 Å². The molecule has 2 amide bonds. The molecule has 0 aliphatic carbocycles. The summed E-state index contributed by atoms with van der Waals surface area (Å²) >= 11 is 0. The van der Waals surface area contributed by atoms with E-state index < -0.39 is 76.3 Å². The Morgan fingerprint density at radius 2 is 0.844 bits per heavy atom. The van der Waals surface area contributed by atoms with Crippen molar-refractivity contribution < 1.29 is 100.0 Å². The Balaban J connectivity index is 0.000000235. The normalized spacial score (nSPS) is 11.6. The molecule has 0 saturated heterocycles. The van der Waals surface area contributed by atoms with Crippen LogP contribution in [0.1, 0.15) is 79.2 Å². The van der Waals surface area contributed by atoms with Crippen LogP contribution in [-0.2, 0) is 61.9 Å². The van der Waals surface area contributed by atoms with Crippen LogP contribution in [0.25, 0.3) is 49.7 Å². The van der Waals surface area contributed by atoms with E-state index in [2.05, 4.69) is 112 Å². The molecule has 15 aromatic rings. The number of nitrogens with zero attached hydrogens (tertiary/aromatic N) is 25. The van der Waals surface area contributed by atoms with Gasteiger partial charge in [-0.1, -0.05) is 90.1 Å². The topological polar surface area (TPSA) is 738 Å². The summed E-state index contributed by atoms with van der Waals surface area (Å²) < 4.78 is 130. The zero-order valence-corrected chi connectivity index (χ0v) is 76.3. The minimum atomic E-state index is -4.58. The molecule has 51 nitrogen and oxygen atoms in total. The molecule has 0 fully saturated rings. The van der Waals surface area contributed by atoms with Crippen molar-refractivity contribution in [2.45, 2.75) is 62.2 Å². The van der Waals surface area contributed by atoms with Crippen LogP contribution in [0.3, 0.4) is 0 Å². The van der Waals surface area contributed by atoms with E-state index in [0.29, 0.717) is 45.2 Å². The molecule has 55 heteroatoms. The molecular weight excluding hydrogens is 1920 g/mol. The van der Waals surface area contributed by atoms with Crippen LogP contribution >= 0.6 is 0 Å². The molecule has 11 N–H and O–H groups in total. The van der Waals surface area contributed by atoms with E-state index in [9.17, 15) is 70.5 Å². The van der Waals surface area contributed by atoms with Crippen molar-refractivity contribution in [3.8, 4) is 46.9 Å². The van der Waals surface area contributed by atoms with Crippen LogP contribution in [0.15, 0.2) is 290 Å². The summed E-state index contributed by atoms with van der Waals surface area (Å²) in [6, 6.07) is 54.2. The number of azo groups is 6. The summed E-state index contributed by atoms with van der Waals surface area (Å²) in [5.41, 5.74) is 16.5. The molecule has 0 atom stereocenters. The summed E-state index contributed by atoms with van der Waals surface area (Å²) in [6.07, 6.45) is 2.34. The number of carbonyl (C=O) groups is 5. The van der Waals surface area contributed by atoms with Gasteiger partial charge >= 0.3 is 45.2 Å². The number of ether oxygens (including phenoxy) is 2. The van der Waals surface area contributed by atoms with Crippen LogP contribution < -0.4 is 31.6 Å². The largest absolute Gasteiger partial charge is 0.479 e. The molecule has 0 bridgehead atoms. The van der Waals surface area contributed by atoms with Crippen LogP contribution in [-0.4, -0.2) is 152 Å². The molecule has 0 spiro atoms. The molecule has 15 rings (SSSR count). The maximum Gasteiger partial charge on any atom is 0.425 e. The molecular formula is C86H67N29O22S4. The van der Waals surface area contributed by atoms with Gasteiger partial charge in [0.15, 0.2) is 34.6 Å². The van der Waals surface area contributed by atoms with E-state index in [-0.39, 0.29) is 143 Å². The first-order chi connectivity index (χ1) is 67.0. The highest BCUT2D eigenvalue weighted by Crippen LogP contribution is 2.44. The average Bonchev–Trinajstić information content (AvgIpc) is 1.58. The first kappa shape index (κ1) is 101. The van der Waals surface area contributed by atoms with Gasteiger partial charge in [0.1, 0.15) is 23.1 Å². The molecule has 141 heavy (non-hydrogen) atoms. The Morgan fingerprint density at radius 3 is 1.24 bits per heavy atom. The number of anilines is 4. The predicted octanol–water partition coefficient (Wildman–Crippen LogP) is 17.6. The second-order valence-electron chi connectivity index (χ2n) is 30.5. The van der Waals surface area contributed by atoms with Crippen LogP contribution in [0.5, 0.6) is 17.5 Å². The number of hydrogen-bond acceptors (Lipinski definition) is 40. The minimum absolute atomic E-state index is 0.0219. The molecule has 0 aliphatic heterocycles. The van der Waals surface area contributed by atoms with Gasteiger partial charge in [-0.05, 0) is 146 Å². The zero-order valence-electron chi connectivity index (χ0n) is 73.1. The van der Waals surface area contributed by atoms with Crippen LogP contribution in [0.4, 0.5) is 102 Å². The number of rotatable bonds is 26. The number of amides is 2. The Labute approximate surface area is 796 Å². The number of nitriles is 1.